The number of hydrogen-bond donors (Lipinski definition) is 1. The summed E-state index contributed by atoms with van der Waals surface area (Å²) in [7, 11) is 0. The standard InChI is InChI=1S/C16H22N2O2/c1-11-6-12(2)8-14(7-11)10-17-16-9-15(18(19)20)5-4-13(16)3/h4-6,9,11,14,17H,7-8,10H2,1-3H3. The number of hydrogen-bond acceptors (Lipinski definition) is 3. The molecular weight excluding hydrogens is 252 g/mol. The lowest BCUT2D eigenvalue weighted by Crippen LogP contribution is -2.20. The van der Waals surface area contributed by atoms with E-state index in [-0.39, 0.29) is 10.6 Å². The van der Waals surface area contributed by atoms with Gasteiger partial charge in [-0.2, -0.15) is 0 Å². The lowest BCUT2D eigenvalue weighted by Gasteiger charge is -2.26. The minimum Gasteiger partial charge on any atom is -0.384 e. The van der Waals surface area contributed by atoms with Gasteiger partial charge in [0.25, 0.3) is 5.69 Å². The zero-order chi connectivity index (χ0) is 14.7. The van der Waals surface area contributed by atoms with E-state index in [1.165, 1.54) is 12.0 Å². The number of nitrogens with zero attached hydrogens (tertiary/aromatic N) is 1. The first kappa shape index (κ1) is 14.6. The Morgan fingerprint density at radius 2 is 2.15 bits per heavy atom. The molecule has 0 radical (unpaired) electrons. The molecule has 1 aromatic carbocycles. The van der Waals surface area contributed by atoms with E-state index in [9.17, 15) is 10.1 Å². The molecule has 2 unspecified atom stereocenters. The highest BCUT2D eigenvalue weighted by atomic mass is 16.6. The summed E-state index contributed by atoms with van der Waals surface area (Å²) in [6.45, 7) is 7.27. The van der Waals surface area contributed by atoms with Crippen molar-refractivity contribution in [2.45, 2.75) is 33.6 Å². The minimum atomic E-state index is -0.347. The highest BCUT2D eigenvalue weighted by molar-refractivity contribution is 5.56. The topological polar surface area (TPSA) is 55.2 Å². The van der Waals surface area contributed by atoms with Crippen LogP contribution in [0.1, 0.15) is 32.3 Å². The van der Waals surface area contributed by atoms with E-state index in [2.05, 4.69) is 25.2 Å². The van der Waals surface area contributed by atoms with Crippen LogP contribution in [0.15, 0.2) is 29.8 Å². The molecule has 0 heterocycles. The third kappa shape index (κ3) is 3.59. The van der Waals surface area contributed by atoms with Crippen LogP contribution >= 0.6 is 0 Å². The number of nitro groups is 1. The Kier molecular flexibility index (Phi) is 4.42. The van der Waals surface area contributed by atoms with E-state index in [1.54, 1.807) is 18.2 Å². The third-order valence-electron chi connectivity index (χ3n) is 3.90. The first-order valence-corrected chi connectivity index (χ1v) is 7.12. The Hall–Kier alpha value is -1.84. The summed E-state index contributed by atoms with van der Waals surface area (Å²) in [5, 5.41) is 14.2. The Bertz CT molecular complexity index is 537. The molecule has 2 atom stereocenters. The molecule has 1 aliphatic rings. The van der Waals surface area contributed by atoms with Crippen molar-refractivity contribution in [3.63, 3.8) is 0 Å². The lowest BCUT2D eigenvalue weighted by atomic mass is 9.83. The lowest BCUT2D eigenvalue weighted by molar-refractivity contribution is -0.384. The first-order chi connectivity index (χ1) is 9.45. The molecule has 0 saturated carbocycles. The molecule has 2 rings (SSSR count). The normalized spacial score (nSPS) is 22.2. The van der Waals surface area contributed by atoms with E-state index in [1.807, 2.05) is 6.92 Å². The molecule has 4 nitrogen and oxygen atoms in total. The van der Waals surface area contributed by atoms with Crippen LogP contribution in [-0.4, -0.2) is 11.5 Å². The van der Waals surface area contributed by atoms with E-state index < -0.39 is 0 Å². The molecule has 0 amide bonds. The molecule has 4 heteroatoms. The fraction of sp³-hybridized carbons (Fsp3) is 0.500. The molecule has 1 N–H and O–H groups in total. The highest BCUT2D eigenvalue weighted by Gasteiger charge is 2.18. The predicted octanol–water partition coefficient (Wildman–Crippen LogP) is 4.31. The quantitative estimate of drug-likeness (QED) is 0.505. The number of nitrogens with one attached hydrogen (secondary N) is 1. The van der Waals surface area contributed by atoms with Gasteiger partial charge in [-0.15, -0.1) is 0 Å². The van der Waals surface area contributed by atoms with E-state index >= 15 is 0 Å². The minimum absolute atomic E-state index is 0.145. The summed E-state index contributed by atoms with van der Waals surface area (Å²) in [5.74, 6) is 1.23. The van der Waals surface area contributed by atoms with Gasteiger partial charge in [0.15, 0.2) is 0 Å². The van der Waals surface area contributed by atoms with Crippen molar-refractivity contribution in [1.29, 1.82) is 0 Å². The molecule has 0 aliphatic heterocycles. The summed E-state index contributed by atoms with van der Waals surface area (Å²) in [6.07, 6.45) is 4.64. The second-order valence-corrected chi connectivity index (χ2v) is 5.93. The van der Waals surface area contributed by atoms with Gasteiger partial charge in [0.1, 0.15) is 0 Å². The van der Waals surface area contributed by atoms with Crippen molar-refractivity contribution < 1.29 is 4.92 Å². The van der Waals surface area contributed by atoms with Gasteiger partial charge in [-0.25, -0.2) is 0 Å². The third-order valence-corrected chi connectivity index (χ3v) is 3.90. The number of benzene rings is 1. The fourth-order valence-corrected chi connectivity index (χ4v) is 3.01. The number of rotatable bonds is 4. The Morgan fingerprint density at radius 3 is 2.80 bits per heavy atom. The van der Waals surface area contributed by atoms with Gasteiger partial charge < -0.3 is 5.32 Å². The van der Waals surface area contributed by atoms with Crippen molar-refractivity contribution in [3.8, 4) is 0 Å². The van der Waals surface area contributed by atoms with Gasteiger partial charge in [0.05, 0.1) is 4.92 Å². The van der Waals surface area contributed by atoms with Crippen LogP contribution in [0, 0.1) is 28.9 Å². The van der Waals surface area contributed by atoms with E-state index in [0.29, 0.717) is 11.8 Å². The summed E-state index contributed by atoms with van der Waals surface area (Å²) in [6, 6.07) is 4.98. The smallest absolute Gasteiger partial charge is 0.271 e. The number of non-ortho nitro benzene ring substituents is 1. The first-order valence-electron chi connectivity index (χ1n) is 7.12. The monoisotopic (exact) mass is 274 g/mol. The Labute approximate surface area is 120 Å². The molecule has 0 saturated heterocycles. The Morgan fingerprint density at radius 1 is 1.40 bits per heavy atom. The van der Waals surface area contributed by atoms with Crippen molar-refractivity contribution in [2.75, 3.05) is 11.9 Å². The van der Waals surface area contributed by atoms with Gasteiger partial charge >= 0.3 is 0 Å². The van der Waals surface area contributed by atoms with Crippen LogP contribution in [0.2, 0.25) is 0 Å². The highest BCUT2D eigenvalue weighted by Crippen LogP contribution is 2.29. The predicted molar refractivity (Wildman–Crippen MR) is 82.0 cm³/mol. The summed E-state index contributed by atoms with van der Waals surface area (Å²) in [5.41, 5.74) is 3.52. The Balaban J connectivity index is 2.02. The van der Waals surface area contributed by atoms with E-state index in [4.69, 9.17) is 0 Å². The average Bonchev–Trinajstić information content (AvgIpc) is 2.36. The fourth-order valence-electron chi connectivity index (χ4n) is 3.01. The van der Waals surface area contributed by atoms with Crippen LogP contribution in [0.25, 0.3) is 0 Å². The molecular formula is C16H22N2O2. The van der Waals surface area contributed by atoms with Gasteiger partial charge in [0, 0.05) is 24.4 Å². The number of allylic oxidation sites excluding steroid dienone is 2. The van der Waals surface area contributed by atoms with Gasteiger partial charge in [-0.3, -0.25) is 10.1 Å². The maximum atomic E-state index is 10.8. The maximum absolute atomic E-state index is 10.8. The van der Waals surface area contributed by atoms with Crippen LogP contribution in [0.3, 0.4) is 0 Å². The van der Waals surface area contributed by atoms with Gasteiger partial charge in [0.2, 0.25) is 0 Å². The molecule has 1 aliphatic carbocycles. The van der Waals surface area contributed by atoms with Crippen LogP contribution in [-0.2, 0) is 0 Å². The summed E-state index contributed by atoms with van der Waals surface area (Å²) >= 11 is 0. The number of nitro benzene ring substituents is 1. The van der Waals surface area contributed by atoms with Crippen LogP contribution < -0.4 is 5.32 Å². The maximum Gasteiger partial charge on any atom is 0.271 e. The molecule has 20 heavy (non-hydrogen) atoms. The number of anilines is 1. The summed E-state index contributed by atoms with van der Waals surface area (Å²) in [4.78, 5) is 10.5. The van der Waals surface area contributed by atoms with Gasteiger partial charge in [-0.05, 0) is 44.1 Å². The van der Waals surface area contributed by atoms with Crippen LogP contribution in [0.4, 0.5) is 11.4 Å². The van der Waals surface area contributed by atoms with Crippen molar-refractivity contribution in [2.24, 2.45) is 11.8 Å². The zero-order valence-corrected chi connectivity index (χ0v) is 12.3. The zero-order valence-electron chi connectivity index (χ0n) is 12.3. The molecule has 0 bridgehead atoms. The van der Waals surface area contributed by atoms with Crippen LogP contribution in [0.5, 0.6) is 0 Å². The largest absolute Gasteiger partial charge is 0.384 e. The second kappa shape index (κ2) is 6.07. The van der Waals surface area contributed by atoms with Gasteiger partial charge in [-0.1, -0.05) is 24.6 Å². The van der Waals surface area contributed by atoms with Crippen molar-refractivity contribution >= 4 is 11.4 Å². The molecule has 0 fully saturated rings. The summed E-state index contributed by atoms with van der Waals surface area (Å²) < 4.78 is 0. The van der Waals surface area contributed by atoms with Crippen molar-refractivity contribution in [3.05, 3.63) is 45.5 Å². The van der Waals surface area contributed by atoms with Crippen molar-refractivity contribution in [1.82, 2.24) is 0 Å². The van der Waals surface area contributed by atoms with E-state index in [0.717, 1.165) is 24.2 Å². The molecule has 1 aromatic rings. The second-order valence-electron chi connectivity index (χ2n) is 5.93. The number of aryl methyl sites for hydroxylation is 1. The average molecular weight is 274 g/mol. The molecule has 108 valence electrons. The molecule has 0 spiro atoms. The SMILES string of the molecule is CC1=CC(C)CC(CNc2cc([N+](=O)[O-])ccc2C)C1. The molecule has 0 aromatic heterocycles.